The lowest BCUT2D eigenvalue weighted by Gasteiger charge is -2.42. The fourth-order valence-electron chi connectivity index (χ4n) is 5.11. The van der Waals surface area contributed by atoms with Crippen molar-refractivity contribution in [2.24, 2.45) is 0 Å². The van der Waals surface area contributed by atoms with Gasteiger partial charge in [0.2, 0.25) is 21.8 Å². The summed E-state index contributed by atoms with van der Waals surface area (Å²) in [5.74, 6) is -0.805. The number of sulfonamides is 1. The third-order valence-electron chi connectivity index (χ3n) is 7.11. The van der Waals surface area contributed by atoms with Crippen molar-refractivity contribution in [3.63, 3.8) is 0 Å². The lowest BCUT2D eigenvalue weighted by atomic mass is 9.98. The molecule has 1 aliphatic carbocycles. The fourth-order valence-corrected chi connectivity index (χ4v) is 6.86. The first-order valence-electron chi connectivity index (χ1n) is 13.2. The van der Waals surface area contributed by atoms with Crippen LogP contribution in [0.2, 0.25) is 0 Å². The highest BCUT2D eigenvalue weighted by atomic mass is 32.2. The summed E-state index contributed by atoms with van der Waals surface area (Å²) >= 11 is 0. The van der Waals surface area contributed by atoms with Crippen molar-refractivity contribution < 1.29 is 18.0 Å². The van der Waals surface area contributed by atoms with Crippen molar-refractivity contribution >= 4 is 21.8 Å². The number of hydrogen-bond donors (Lipinski definition) is 3. The quantitative estimate of drug-likeness (QED) is 0.499. The Labute approximate surface area is 226 Å². The molecule has 3 N–H and O–H groups in total. The number of aryl methyl sites for hydroxylation is 2. The molecular weight excluding hydrogens is 500 g/mol. The van der Waals surface area contributed by atoms with E-state index in [1.807, 2.05) is 6.92 Å². The van der Waals surface area contributed by atoms with Crippen LogP contribution in [-0.2, 0) is 32.6 Å². The van der Waals surface area contributed by atoms with Crippen molar-refractivity contribution in [2.75, 3.05) is 6.54 Å². The fraction of sp³-hybridized carbons (Fsp3) is 0.517. The van der Waals surface area contributed by atoms with Crippen LogP contribution in [0.15, 0.2) is 47.4 Å². The van der Waals surface area contributed by atoms with Gasteiger partial charge in [-0.1, -0.05) is 35.9 Å². The molecular formula is C29H40N4O4S. The molecule has 8 nitrogen and oxygen atoms in total. The minimum atomic E-state index is -3.99. The summed E-state index contributed by atoms with van der Waals surface area (Å²) in [6.45, 7) is 12.7. The summed E-state index contributed by atoms with van der Waals surface area (Å²) in [5.41, 5.74) is 3.69. The van der Waals surface area contributed by atoms with Gasteiger partial charge in [-0.25, -0.2) is 8.42 Å². The van der Waals surface area contributed by atoms with Crippen LogP contribution in [0.1, 0.15) is 75.8 Å². The molecule has 0 unspecified atom stereocenters. The molecule has 0 bridgehead atoms. The van der Waals surface area contributed by atoms with Crippen molar-refractivity contribution in [3.05, 3.63) is 64.7 Å². The molecule has 9 heteroatoms. The van der Waals surface area contributed by atoms with E-state index in [9.17, 15) is 18.0 Å². The predicted molar refractivity (Wildman–Crippen MR) is 148 cm³/mol. The summed E-state index contributed by atoms with van der Waals surface area (Å²) in [5, 5.41) is 9.44. The number of amides is 2. The Morgan fingerprint density at radius 2 is 1.82 bits per heavy atom. The first-order chi connectivity index (χ1) is 17.6. The van der Waals surface area contributed by atoms with E-state index in [-0.39, 0.29) is 35.3 Å². The second kappa shape index (κ2) is 10.4. The molecule has 0 radical (unpaired) electrons. The monoisotopic (exact) mass is 540 g/mol. The maximum atomic E-state index is 13.6. The molecule has 0 aromatic heterocycles. The topological polar surface area (TPSA) is 108 Å². The normalized spacial score (nSPS) is 21.6. The molecule has 206 valence electrons. The summed E-state index contributed by atoms with van der Waals surface area (Å²) in [7, 11) is -3.99. The minimum Gasteiger partial charge on any atom is -0.349 e. The van der Waals surface area contributed by atoms with E-state index in [2.05, 4.69) is 54.9 Å². The Morgan fingerprint density at radius 3 is 2.47 bits per heavy atom. The molecule has 1 saturated heterocycles. The zero-order valence-corrected chi connectivity index (χ0v) is 24.0. The van der Waals surface area contributed by atoms with Gasteiger partial charge in [-0.15, -0.1) is 0 Å². The maximum Gasteiger partial charge on any atom is 0.243 e. The molecule has 4 rings (SSSR count). The van der Waals surface area contributed by atoms with Crippen LogP contribution in [0.3, 0.4) is 0 Å². The first kappa shape index (κ1) is 28.3. The highest BCUT2D eigenvalue weighted by Crippen LogP contribution is 2.33. The number of carbonyl (C=O) groups excluding carboxylic acids is 2. The van der Waals surface area contributed by atoms with Crippen LogP contribution in [0.25, 0.3) is 0 Å². The Hall–Kier alpha value is -2.75. The Morgan fingerprint density at radius 1 is 1.13 bits per heavy atom. The second-order valence-corrected chi connectivity index (χ2v) is 14.1. The molecule has 1 fully saturated rings. The van der Waals surface area contributed by atoms with Gasteiger partial charge in [0, 0.05) is 24.2 Å². The van der Waals surface area contributed by atoms with Gasteiger partial charge >= 0.3 is 0 Å². The van der Waals surface area contributed by atoms with Gasteiger partial charge < -0.3 is 16.0 Å². The highest BCUT2D eigenvalue weighted by molar-refractivity contribution is 7.89. The Balaban J connectivity index is 1.49. The number of carbonyl (C=O) groups is 2. The van der Waals surface area contributed by atoms with Gasteiger partial charge in [-0.05, 0) is 83.2 Å². The van der Waals surface area contributed by atoms with E-state index in [0.29, 0.717) is 0 Å². The van der Waals surface area contributed by atoms with E-state index in [1.54, 1.807) is 38.1 Å². The van der Waals surface area contributed by atoms with Crippen molar-refractivity contribution in [1.82, 2.24) is 20.3 Å². The predicted octanol–water partition coefficient (Wildman–Crippen LogP) is 3.34. The molecule has 2 amide bonds. The summed E-state index contributed by atoms with van der Waals surface area (Å²) in [4.78, 5) is 26.4. The average Bonchev–Trinajstić information content (AvgIpc) is 3.20. The largest absolute Gasteiger partial charge is 0.349 e. The molecule has 2 aromatic carbocycles. The SMILES string of the molecule is Cc1ccc(S(=O)(=O)N2CC(C)(C)NC(=O)[C@H]2CC(=O)N[C@@H]2CCc3cc(CNC(C)(C)C)ccc32)cc1. The van der Waals surface area contributed by atoms with Crippen LogP contribution >= 0.6 is 0 Å². The van der Waals surface area contributed by atoms with Gasteiger partial charge in [-0.2, -0.15) is 4.31 Å². The van der Waals surface area contributed by atoms with E-state index >= 15 is 0 Å². The van der Waals surface area contributed by atoms with E-state index in [4.69, 9.17) is 0 Å². The molecule has 38 heavy (non-hydrogen) atoms. The van der Waals surface area contributed by atoms with E-state index in [0.717, 1.165) is 30.5 Å². The van der Waals surface area contributed by atoms with Crippen LogP contribution < -0.4 is 16.0 Å². The zero-order valence-electron chi connectivity index (χ0n) is 23.2. The summed E-state index contributed by atoms with van der Waals surface area (Å²) < 4.78 is 28.4. The lowest BCUT2D eigenvalue weighted by molar-refractivity contribution is -0.134. The molecule has 1 heterocycles. The molecule has 2 atom stereocenters. The average molecular weight is 541 g/mol. The zero-order chi connectivity index (χ0) is 27.9. The standard InChI is InChI=1S/C29H40N4O4S/c1-19-7-11-22(12-8-19)38(36,37)33-18-29(5,6)32-27(35)25(33)16-26(34)31-24-14-10-21-15-20(9-13-23(21)24)17-30-28(2,3)4/h7-9,11-13,15,24-25,30H,10,14,16-18H2,1-6H3,(H,31,34)(H,32,35)/t24-,25-/m1/s1. The Bertz CT molecular complexity index is 1310. The summed E-state index contributed by atoms with van der Waals surface area (Å²) in [6.07, 6.45) is 1.38. The van der Waals surface area contributed by atoms with Crippen LogP contribution in [0.5, 0.6) is 0 Å². The Kier molecular flexibility index (Phi) is 7.76. The van der Waals surface area contributed by atoms with Gasteiger partial charge in [0.05, 0.1) is 17.4 Å². The van der Waals surface area contributed by atoms with Crippen LogP contribution in [-0.4, -0.2) is 48.2 Å². The van der Waals surface area contributed by atoms with Gasteiger partial charge in [0.1, 0.15) is 6.04 Å². The van der Waals surface area contributed by atoms with Gasteiger partial charge in [0.15, 0.2) is 0 Å². The lowest BCUT2D eigenvalue weighted by Crippen LogP contribution is -2.66. The van der Waals surface area contributed by atoms with Crippen LogP contribution in [0, 0.1) is 6.92 Å². The number of piperazine rings is 1. The van der Waals surface area contributed by atoms with Gasteiger partial charge in [-0.3, -0.25) is 9.59 Å². The number of nitrogens with zero attached hydrogens (tertiary/aromatic N) is 1. The number of rotatable bonds is 7. The second-order valence-electron chi connectivity index (χ2n) is 12.3. The van der Waals surface area contributed by atoms with E-state index in [1.165, 1.54) is 15.4 Å². The van der Waals surface area contributed by atoms with Crippen LogP contribution in [0.4, 0.5) is 0 Å². The highest BCUT2D eigenvalue weighted by Gasteiger charge is 2.45. The van der Waals surface area contributed by atoms with Crippen molar-refractivity contribution in [1.29, 1.82) is 0 Å². The maximum absolute atomic E-state index is 13.6. The summed E-state index contributed by atoms with van der Waals surface area (Å²) in [6, 6.07) is 11.6. The van der Waals surface area contributed by atoms with Crippen molar-refractivity contribution in [3.8, 4) is 0 Å². The molecule has 1 aliphatic heterocycles. The smallest absolute Gasteiger partial charge is 0.243 e. The molecule has 2 aromatic rings. The molecule has 0 spiro atoms. The number of fused-ring (bicyclic) bond motifs is 1. The van der Waals surface area contributed by atoms with Crippen molar-refractivity contribution in [2.45, 2.75) is 95.4 Å². The number of nitrogens with one attached hydrogen (secondary N) is 3. The minimum absolute atomic E-state index is 0.0248. The van der Waals surface area contributed by atoms with E-state index < -0.39 is 27.5 Å². The molecule has 0 saturated carbocycles. The third-order valence-corrected chi connectivity index (χ3v) is 8.98. The molecule has 2 aliphatic rings. The first-order valence-corrected chi connectivity index (χ1v) is 14.7. The third kappa shape index (κ3) is 6.45. The number of hydrogen-bond acceptors (Lipinski definition) is 5. The number of benzene rings is 2. The van der Waals surface area contributed by atoms with Gasteiger partial charge in [0.25, 0.3) is 0 Å².